The van der Waals surface area contributed by atoms with Gasteiger partial charge in [-0.15, -0.1) is 0 Å². The van der Waals surface area contributed by atoms with Gasteiger partial charge in [-0.2, -0.15) is 0 Å². The van der Waals surface area contributed by atoms with Crippen LogP contribution in [0.5, 0.6) is 5.75 Å². The van der Waals surface area contributed by atoms with E-state index in [4.69, 9.17) is 9.26 Å². The number of carbonyl (C=O) groups excluding carboxylic acids is 1. The van der Waals surface area contributed by atoms with E-state index in [-0.39, 0.29) is 12.3 Å². The number of anilines is 1. The molecule has 0 saturated carbocycles. The number of nitrogens with zero attached hydrogens (tertiary/aromatic N) is 2. The maximum atomic E-state index is 12.3. The Morgan fingerprint density at radius 1 is 1.29 bits per heavy atom. The molecule has 1 N–H and O–H groups in total. The molecule has 2 heterocycles. The van der Waals surface area contributed by atoms with E-state index < -0.39 is 0 Å². The molecule has 7 heteroatoms. The fraction of sp³-hybridized carbons (Fsp3) is 0.118. The number of hydrogen-bond donors (Lipinski definition) is 1. The van der Waals surface area contributed by atoms with E-state index in [0.717, 1.165) is 21.4 Å². The van der Waals surface area contributed by atoms with Gasteiger partial charge in [0.1, 0.15) is 11.4 Å². The first-order valence-corrected chi connectivity index (χ1v) is 8.12. The molecule has 4 rings (SSSR count). The molecule has 0 saturated heterocycles. The molecule has 0 unspecified atom stereocenters. The first-order chi connectivity index (χ1) is 11.7. The van der Waals surface area contributed by atoms with Crippen molar-refractivity contribution in [1.82, 2.24) is 10.1 Å². The summed E-state index contributed by atoms with van der Waals surface area (Å²) in [6.45, 7) is 0. The van der Waals surface area contributed by atoms with E-state index in [1.54, 1.807) is 7.11 Å². The standard InChI is InChI=1S/C17H13N3O3S/c1-22-10-6-7-12-15(8-10)24-17(18-12)19-16(21)9-13-11-4-2-3-5-14(11)23-20-13/h2-8H,9H2,1H3,(H,18,19,21). The van der Waals surface area contributed by atoms with Gasteiger partial charge in [0.15, 0.2) is 10.7 Å². The van der Waals surface area contributed by atoms with Crippen LogP contribution in [0.15, 0.2) is 47.0 Å². The summed E-state index contributed by atoms with van der Waals surface area (Å²) < 4.78 is 11.4. The minimum atomic E-state index is -0.180. The van der Waals surface area contributed by atoms with Crippen LogP contribution < -0.4 is 10.1 Å². The van der Waals surface area contributed by atoms with Crippen LogP contribution in [-0.4, -0.2) is 23.2 Å². The first-order valence-electron chi connectivity index (χ1n) is 7.30. The van der Waals surface area contributed by atoms with Gasteiger partial charge in [-0.1, -0.05) is 28.6 Å². The first kappa shape index (κ1) is 14.6. The topological polar surface area (TPSA) is 77.2 Å². The highest BCUT2D eigenvalue weighted by atomic mass is 32.1. The molecule has 0 aliphatic carbocycles. The molecule has 0 aliphatic heterocycles. The van der Waals surface area contributed by atoms with Gasteiger partial charge in [0.25, 0.3) is 0 Å². The number of hydrogen-bond acceptors (Lipinski definition) is 6. The Kier molecular flexibility index (Phi) is 3.62. The van der Waals surface area contributed by atoms with E-state index in [1.165, 1.54) is 11.3 Å². The Labute approximate surface area is 141 Å². The number of benzene rings is 2. The highest BCUT2D eigenvalue weighted by Gasteiger charge is 2.14. The minimum absolute atomic E-state index is 0.135. The Balaban J connectivity index is 1.53. The van der Waals surface area contributed by atoms with Crippen LogP contribution in [0.3, 0.4) is 0 Å². The van der Waals surface area contributed by atoms with Crippen molar-refractivity contribution in [1.29, 1.82) is 0 Å². The van der Waals surface area contributed by atoms with Crippen LogP contribution >= 0.6 is 11.3 Å². The maximum absolute atomic E-state index is 12.3. The van der Waals surface area contributed by atoms with Crippen LogP contribution in [0, 0.1) is 0 Å². The average Bonchev–Trinajstić information content (AvgIpc) is 3.17. The predicted molar refractivity (Wildman–Crippen MR) is 92.5 cm³/mol. The molecule has 2 aromatic heterocycles. The summed E-state index contributed by atoms with van der Waals surface area (Å²) in [4.78, 5) is 16.7. The van der Waals surface area contributed by atoms with Crippen LogP contribution in [0.1, 0.15) is 5.69 Å². The van der Waals surface area contributed by atoms with Crippen LogP contribution in [0.4, 0.5) is 5.13 Å². The lowest BCUT2D eigenvalue weighted by Gasteiger charge is -1.98. The number of para-hydroxylation sites is 1. The van der Waals surface area contributed by atoms with E-state index >= 15 is 0 Å². The van der Waals surface area contributed by atoms with Crippen LogP contribution in [0.2, 0.25) is 0 Å². The van der Waals surface area contributed by atoms with Gasteiger partial charge in [0, 0.05) is 5.39 Å². The molecule has 24 heavy (non-hydrogen) atoms. The van der Waals surface area contributed by atoms with E-state index in [9.17, 15) is 4.79 Å². The second-order valence-electron chi connectivity index (χ2n) is 5.20. The Morgan fingerprint density at radius 3 is 3.04 bits per heavy atom. The second kappa shape index (κ2) is 5.93. The molecule has 0 fully saturated rings. The number of rotatable bonds is 4. The quantitative estimate of drug-likeness (QED) is 0.614. The minimum Gasteiger partial charge on any atom is -0.497 e. The molecule has 0 spiro atoms. The fourth-order valence-corrected chi connectivity index (χ4v) is 3.38. The molecule has 0 aliphatic rings. The zero-order chi connectivity index (χ0) is 16.5. The Bertz CT molecular complexity index is 1040. The molecule has 120 valence electrons. The normalized spacial score (nSPS) is 11.0. The fourth-order valence-electron chi connectivity index (χ4n) is 2.47. The zero-order valence-electron chi connectivity index (χ0n) is 12.8. The molecule has 2 aromatic carbocycles. The molecule has 0 radical (unpaired) electrons. The van der Waals surface area contributed by atoms with Crippen molar-refractivity contribution < 1.29 is 14.1 Å². The maximum Gasteiger partial charge on any atom is 0.232 e. The summed E-state index contributed by atoms with van der Waals surface area (Å²) in [5.74, 6) is 0.582. The van der Waals surface area contributed by atoms with Crippen molar-refractivity contribution in [2.45, 2.75) is 6.42 Å². The summed E-state index contributed by atoms with van der Waals surface area (Å²) in [7, 11) is 1.62. The van der Waals surface area contributed by atoms with Gasteiger partial charge < -0.3 is 14.6 Å². The summed E-state index contributed by atoms with van der Waals surface area (Å²) >= 11 is 1.40. The lowest BCUT2D eigenvalue weighted by Crippen LogP contribution is -2.14. The summed E-state index contributed by atoms with van der Waals surface area (Å²) in [6, 6.07) is 13.1. The third-order valence-electron chi connectivity index (χ3n) is 3.62. The van der Waals surface area contributed by atoms with Crippen molar-refractivity contribution in [2.75, 3.05) is 12.4 Å². The number of ether oxygens (including phenoxy) is 1. The van der Waals surface area contributed by atoms with Crippen LogP contribution in [0.25, 0.3) is 21.2 Å². The molecule has 4 aromatic rings. The van der Waals surface area contributed by atoms with Crippen molar-refractivity contribution >= 4 is 43.6 Å². The van der Waals surface area contributed by atoms with Gasteiger partial charge in [0.2, 0.25) is 5.91 Å². The Morgan fingerprint density at radius 2 is 2.17 bits per heavy atom. The number of carbonyl (C=O) groups is 1. The number of aromatic nitrogens is 2. The highest BCUT2D eigenvalue weighted by Crippen LogP contribution is 2.29. The number of thiazole rings is 1. The molecule has 6 nitrogen and oxygen atoms in total. The van der Waals surface area contributed by atoms with Gasteiger partial charge in [-0.25, -0.2) is 4.98 Å². The Hall–Kier alpha value is -2.93. The van der Waals surface area contributed by atoms with Crippen molar-refractivity contribution in [3.8, 4) is 5.75 Å². The van der Waals surface area contributed by atoms with Crippen molar-refractivity contribution in [3.63, 3.8) is 0 Å². The molecular formula is C17H13N3O3S. The monoisotopic (exact) mass is 339 g/mol. The van der Waals surface area contributed by atoms with E-state index in [1.807, 2.05) is 42.5 Å². The van der Waals surface area contributed by atoms with Gasteiger partial charge in [-0.3, -0.25) is 4.79 Å². The van der Waals surface area contributed by atoms with E-state index in [2.05, 4.69) is 15.5 Å². The molecule has 0 bridgehead atoms. The number of nitrogens with one attached hydrogen (secondary N) is 1. The molecular weight excluding hydrogens is 326 g/mol. The number of methoxy groups -OCH3 is 1. The lowest BCUT2D eigenvalue weighted by molar-refractivity contribution is -0.115. The third kappa shape index (κ3) is 2.69. The van der Waals surface area contributed by atoms with Gasteiger partial charge >= 0.3 is 0 Å². The second-order valence-corrected chi connectivity index (χ2v) is 6.23. The van der Waals surface area contributed by atoms with E-state index in [0.29, 0.717) is 16.4 Å². The van der Waals surface area contributed by atoms with Gasteiger partial charge in [-0.05, 0) is 30.3 Å². The van der Waals surface area contributed by atoms with Crippen molar-refractivity contribution in [2.24, 2.45) is 0 Å². The summed E-state index contributed by atoms with van der Waals surface area (Å²) in [6.07, 6.45) is 0.135. The van der Waals surface area contributed by atoms with Gasteiger partial charge in [0.05, 0.1) is 23.7 Å². The highest BCUT2D eigenvalue weighted by molar-refractivity contribution is 7.22. The average molecular weight is 339 g/mol. The van der Waals surface area contributed by atoms with Crippen molar-refractivity contribution in [3.05, 3.63) is 48.2 Å². The third-order valence-corrected chi connectivity index (χ3v) is 4.56. The summed E-state index contributed by atoms with van der Waals surface area (Å²) in [5, 5.41) is 8.19. The zero-order valence-corrected chi connectivity index (χ0v) is 13.6. The number of amides is 1. The lowest BCUT2D eigenvalue weighted by atomic mass is 10.2. The molecule has 0 atom stereocenters. The largest absolute Gasteiger partial charge is 0.497 e. The van der Waals surface area contributed by atoms with Crippen LogP contribution in [-0.2, 0) is 11.2 Å². The molecule has 1 amide bonds. The SMILES string of the molecule is COc1ccc2nc(NC(=O)Cc3noc4ccccc34)sc2c1. The smallest absolute Gasteiger partial charge is 0.232 e. The predicted octanol–water partition coefficient (Wildman–Crippen LogP) is 3.63. The number of fused-ring (bicyclic) bond motifs is 2. The summed E-state index contributed by atoms with van der Waals surface area (Å²) in [5.41, 5.74) is 2.11.